The first-order valence-electron chi connectivity index (χ1n) is 7.65. The molecule has 2 N–H and O–H groups in total. The summed E-state index contributed by atoms with van der Waals surface area (Å²) in [6, 6.07) is -0.314. The van der Waals surface area contributed by atoms with Gasteiger partial charge in [0, 0.05) is 12.3 Å². The summed E-state index contributed by atoms with van der Waals surface area (Å²) in [5, 5.41) is 13.2. The summed E-state index contributed by atoms with van der Waals surface area (Å²) < 4.78 is 7.30. The number of nitrogens with one attached hydrogen (secondary N) is 1. The Balaban J connectivity index is 1.98. The maximum absolute atomic E-state index is 11.8. The van der Waals surface area contributed by atoms with Gasteiger partial charge < -0.3 is 15.2 Å². The number of aliphatic hydroxyl groups is 1. The summed E-state index contributed by atoms with van der Waals surface area (Å²) in [5.41, 5.74) is -0.516. The zero-order chi connectivity index (χ0) is 14.8. The predicted octanol–water partition coefficient (Wildman–Crippen LogP) is 2.44. The number of carbonyl (C=O) groups excluding carboxylic acids is 1. The number of nitrogens with zero attached hydrogens (tertiary/aromatic N) is 1. The summed E-state index contributed by atoms with van der Waals surface area (Å²) in [4.78, 5) is 11.8. The van der Waals surface area contributed by atoms with E-state index in [4.69, 9.17) is 4.74 Å². The predicted molar refractivity (Wildman–Crippen MR) is 77.4 cm³/mol. The second kappa shape index (κ2) is 6.02. The molecule has 2 aliphatic rings. The van der Waals surface area contributed by atoms with Crippen LogP contribution in [0.2, 0.25) is 0 Å². The average molecular weight is 283 g/mol. The Bertz CT molecular complexity index is 394. The van der Waals surface area contributed by atoms with Crippen molar-refractivity contribution in [1.82, 2.24) is 5.32 Å². The Morgan fingerprint density at radius 2 is 2.05 bits per heavy atom. The van der Waals surface area contributed by atoms with Crippen LogP contribution in [0.25, 0.3) is 0 Å². The molecule has 0 radical (unpaired) electrons. The van der Waals surface area contributed by atoms with Gasteiger partial charge in [-0.2, -0.15) is 0 Å². The molecule has 1 aliphatic heterocycles. The van der Waals surface area contributed by atoms with Crippen LogP contribution in [0.4, 0.5) is 4.79 Å². The van der Waals surface area contributed by atoms with Crippen molar-refractivity contribution in [3.8, 4) is 0 Å². The van der Waals surface area contributed by atoms with E-state index in [9.17, 15) is 9.90 Å². The number of amides is 1. The van der Waals surface area contributed by atoms with Gasteiger partial charge in [-0.25, -0.2) is 9.37 Å². The molecule has 1 fully saturated rings. The van der Waals surface area contributed by atoms with Crippen LogP contribution >= 0.6 is 0 Å². The van der Waals surface area contributed by atoms with Crippen molar-refractivity contribution in [2.75, 3.05) is 13.1 Å². The van der Waals surface area contributed by atoms with E-state index < -0.39 is 11.7 Å². The molecule has 0 bridgehead atoms. The van der Waals surface area contributed by atoms with Gasteiger partial charge in [0.25, 0.3) is 0 Å². The third kappa shape index (κ3) is 4.69. The maximum Gasteiger partial charge on any atom is 0.408 e. The van der Waals surface area contributed by atoms with E-state index >= 15 is 0 Å². The van der Waals surface area contributed by atoms with Crippen molar-refractivity contribution < 1.29 is 19.2 Å². The van der Waals surface area contributed by atoms with Crippen LogP contribution in [-0.4, -0.2) is 46.4 Å². The summed E-state index contributed by atoms with van der Waals surface area (Å²) in [6.45, 7) is 7.31. The molecule has 1 amide bonds. The second-order valence-corrected chi connectivity index (χ2v) is 6.94. The lowest BCUT2D eigenvalue weighted by Gasteiger charge is -2.21. The van der Waals surface area contributed by atoms with E-state index in [1.807, 2.05) is 25.3 Å². The highest BCUT2D eigenvalue weighted by Crippen LogP contribution is 2.29. The zero-order valence-corrected chi connectivity index (χ0v) is 12.8. The number of carbonyl (C=O) groups is 1. The lowest BCUT2D eigenvalue weighted by atomic mass is 10.1. The fraction of sp³-hybridized carbons (Fsp3) is 0.867. The van der Waals surface area contributed by atoms with Crippen molar-refractivity contribution >= 4 is 12.0 Å². The first-order valence-corrected chi connectivity index (χ1v) is 7.65. The molecule has 0 saturated heterocycles. The highest BCUT2D eigenvalue weighted by molar-refractivity contribution is 5.80. The van der Waals surface area contributed by atoms with Crippen molar-refractivity contribution in [2.45, 2.75) is 64.5 Å². The Kier molecular flexibility index (Phi) is 4.55. The molecule has 2 rings (SSSR count). The highest BCUT2D eigenvalue weighted by Gasteiger charge is 2.34. The lowest BCUT2D eigenvalue weighted by molar-refractivity contribution is -0.539. The van der Waals surface area contributed by atoms with E-state index in [0.29, 0.717) is 5.90 Å². The van der Waals surface area contributed by atoms with E-state index in [1.165, 1.54) is 12.8 Å². The normalized spacial score (nSPS) is 24.2. The molecule has 5 nitrogen and oxygen atoms in total. The SMILES string of the molecule is CC(C)(C)OC(=O)N[C@@H]1CCCC[N+](CC2CC2)=C1O. The number of hydrogen-bond donors (Lipinski definition) is 2. The molecule has 20 heavy (non-hydrogen) atoms. The van der Waals surface area contributed by atoms with Gasteiger partial charge >= 0.3 is 12.0 Å². The van der Waals surface area contributed by atoms with Crippen LogP contribution in [0.3, 0.4) is 0 Å². The molecular weight excluding hydrogens is 256 g/mol. The Morgan fingerprint density at radius 1 is 1.35 bits per heavy atom. The summed E-state index contributed by atoms with van der Waals surface area (Å²) >= 11 is 0. The minimum Gasteiger partial charge on any atom is -0.462 e. The number of alkyl carbamates (subject to hydrolysis) is 1. The number of ether oxygens (including phenoxy) is 1. The number of rotatable bonds is 3. The van der Waals surface area contributed by atoms with Gasteiger partial charge in [0.15, 0.2) is 6.04 Å². The van der Waals surface area contributed by atoms with Crippen molar-refractivity contribution in [3.05, 3.63) is 0 Å². The van der Waals surface area contributed by atoms with Crippen LogP contribution in [0, 0.1) is 5.92 Å². The Labute approximate surface area is 121 Å². The smallest absolute Gasteiger partial charge is 0.408 e. The van der Waals surface area contributed by atoms with Crippen molar-refractivity contribution in [2.24, 2.45) is 5.92 Å². The van der Waals surface area contributed by atoms with Crippen LogP contribution in [0.5, 0.6) is 0 Å². The van der Waals surface area contributed by atoms with Gasteiger partial charge in [0.2, 0.25) is 0 Å². The van der Waals surface area contributed by atoms with Gasteiger partial charge in [-0.15, -0.1) is 0 Å². The molecule has 0 aromatic carbocycles. The second-order valence-electron chi connectivity index (χ2n) is 6.94. The standard InChI is InChI=1S/C15H26N2O3/c1-15(2,3)20-14(19)16-12-6-4-5-9-17(13(12)18)10-11-7-8-11/h11-12H,4-10H2,1-3H3,(H,16,19)/p+1/t12-/m1/s1. The summed E-state index contributed by atoms with van der Waals surface area (Å²) in [5.74, 6) is 1.03. The zero-order valence-electron chi connectivity index (χ0n) is 12.8. The third-order valence-electron chi connectivity index (χ3n) is 3.67. The van der Waals surface area contributed by atoms with Crippen LogP contribution in [0.1, 0.15) is 52.9 Å². The fourth-order valence-electron chi connectivity index (χ4n) is 2.50. The fourth-order valence-corrected chi connectivity index (χ4v) is 2.50. The summed E-state index contributed by atoms with van der Waals surface area (Å²) in [7, 11) is 0. The third-order valence-corrected chi connectivity index (χ3v) is 3.67. The molecule has 5 heteroatoms. The van der Waals surface area contributed by atoms with E-state index in [-0.39, 0.29) is 6.04 Å². The van der Waals surface area contributed by atoms with E-state index in [2.05, 4.69) is 5.32 Å². The maximum atomic E-state index is 11.8. The number of hydrogen-bond acceptors (Lipinski definition) is 2. The molecule has 1 aliphatic carbocycles. The average Bonchev–Trinajstić information content (AvgIpc) is 3.12. The minimum atomic E-state index is -0.516. The molecular formula is C15H27N2O3+. The molecule has 0 aromatic heterocycles. The summed E-state index contributed by atoms with van der Waals surface area (Å²) in [6.07, 6.45) is 4.89. The number of aliphatic hydroxyl groups excluding tert-OH is 1. The van der Waals surface area contributed by atoms with Gasteiger partial charge in [-0.3, -0.25) is 0 Å². The van der Waals surface area contributed by atoms with Crippen LogP contribution in [-0.2, 0) is 4.74 Å². The lowest BCUT2D eigenvalue weighted by Crippen LogP contribution is -2.46. The van der Waals surface area contributed by atoms with E-state index in [1.54, 1.807) is 0 Å². The highest BCUT2D eigenvalue weighted by atomic mass is 16.6. The molecule has 114 valence electrons. The van der Waals surface area contributed by atoms with Crippen molar-refractivity contribution in [3.63, 3.8) is 0 Å². The van der Waals surface area contributed by atoms with Gasteiger partial charge in [0.05, 0.1) is 0 Å². The van der Waals surface area contributed by atoms with Crippen LogP contribution < -0.4 is 5.32 Å². The Hall–Kier alpha value is -1.26. The molecule has 0 unspecified atom stereocenters. The first-order chi connectivity index (χ1) is 9.35. The van der Waals surface area contributed by atoms with Gasteiger partial charge in [-0.1, -0.05) is 0 Å². The quantitative estimate of drug-likeness (QED) is 0.782. The topological polar surface area (TPSA) is 61.6 Å². The van der Waals surface area contributed by atoms with Crippen LogP contribution in [0.15, 0.2) is 0 Å². The first kappa shape index (κ1) is 15.1. The van der Waals surface area contributed by atoms with E-state index in [0.717, 1.165) is 38.3 Å². The van der Waals surface area contributed by atoms with Crippen molar-refractivity contribution in [1.29, 1.82) is 0 Å². The molecule has 0 spiro atoms. The minimum absolute atomic E-state index is 0.306. The molecule has 1 atom stereocenters. The van der Waals surface area contributed by atoms with Gasteiger partial charge in [-0.05, 0) is 46.5 Å². The molecule has 0 aromatic rings. The molecule has 1 saturated carbocycles. The largest absolute Gasteiger partial charge is 0.462 e. The Morgan fingerprint density at radius 3 is 2.65 bits per heavy atom. The monoisotopic (exact) mass is 283 g/mol. The van der Waals surface area contributed by atoms with Gasteiger partial charge in [0.1, 0.15) is 18.7 Å². The molecule has 1 heterocycles.